The van der Waals surface area contributed by atoms with Crippen molar-refractivity contribution in [1.29, 1.82) is 0 Å². The molecule has 0 saturated heterocycles. The Kier molecular flexibility index (Phi) is 6.07. The van der Waals surface area contributed by atoms with Crippen LogP contribution in [0, 0.1) is 5.82 Å². The third-order valence-corrected chi connectivity index (χ3v) is 5.93. The Morgan fingerprint density at radius 3 is 2.74 bits per heavy atom. The van der Waals surface area contributed by atoms with Crippen molar-refractivity contribution in [2.24, 2.45) is 0 Å². The smallest absolute Gasteiger partial charge is 0.323 e. The molecule has 0 radical (unpaired) electrons. The first-order chi connectivity index (χ1) is 14.8. The number of amides is 1. The van der Waals surface area contributed by atoms with Crippen LogP contribution >= 0.6 is 23.2 Å². The van der Waals surface area contributed by atoms with Gasteiger partial charge in [-0.15, -0.1) is 0 Å². The fourth-order valence-corrected chi connectivity index (χ4v) is 4.60. The number of ether oxygens (including phenoxy) is 1. The summed E-state index contributed by atoms with van der Waals surface area (Å²) in [6.07, 6.45) is 1.59. The second-order valence-electron chi connectivity index (χ2n) is 7.42. The van der Waals surface area contributed by atoms with E-state index >= 15 is 0 Å². The molecule has 31 heavy (non-hydrogen) atoms. The lowest BCUT2D eigenvalue weighted by Crippen LogP contribution is -2.41. The molecule has 6 nitrogen and oxygen atoms in total. The quantitative estimate of drug-likeness (QED) is 0.571. The Balaban J connectivity index is 1.53. The molecule has 0 bridgehead atoms. The number of aromatic nitrogens is 1. The van der Waals surface area contributed by atoms with Crippen molar-refractivity contribution in [3.05, 3.63) is 63.5 Å². The summed E-state index contributed by atoms with van der Waals surface area (Å²) in [7, 11) is 0. The molecule has 1 aliphatic rings. The zero-order valence-corrected chi connectivity index (χ0v) is 17.8. The van der Waals surface area contributed by atoms with Crippen LogP contribution in [0.5, 0.6) is 5.75 Å². The van der Waals surface area contributed by atoms with Gasteiger partial charge in [0, 0.05) is 17.1 Å². The maximum Gasteiger partial charge on any atom is 0.323 e. The first kappa shape index (κ1) is 21.5. The first-order valence-electron chi connectivity index (χ1n) is 9.71. The lowest BCUT2D eigenvalue weighted by Gasteiger charge is -2.25. The van der Waals surface area contributed by atoms with E-state index in [1.165, 1.54) is 12.1 Å². The van der Waals surface area contributed by atoms with Gasteiger partial charge in [-0.2, -0.15) is 0 Å². The minimum absolute atomic E-state index is 0.166. The van der Waals surface area contributed by atoms with Gasteiger partial charge in [-0.25, -0.2) is 4.39 Å². The van der Waals surface area contributed by atoms with Gasteiger partial charge in [0.05, 0.1) is 15.6 Å². The summed E-state index contributed by atoms with van der Waals surface area (Å²) in [6.45, 7) is -0.450. The van der Waals surface area contributed by atoms with Gasteiger partial charge in [-0.1, -0.05) is 35.3 Å². The molecule has 0 saturated carbocycles. The fraction of sp³-hybridized carbons (Fsp3) is 0.273. The molecular formula is C22H19Cl2FN2O4. The van der Waals surface area contributed by atoms with Crippen molar-refractivity contribution in [3.8, 4) is 5.75 Å². The van der Waals surface area contributed by atoms with Crippen molar-refractivity contribution in [2.75, 3.05) is 6.61 Å². The van der Waals surface area contributed by atoms with E-state index < -0.39 is 11.8 Å². The van der Waals surface area contributed by atoms with Gasteiger partial charge >= 0.3 is 5.97 Å². The molecule has 2 aromatic carbocycles. The van der Waals surface area contributed by atoms with E-state index in [2.05, 4.69) is 5.32 Å². The van der Waals surface area contributed by atoms with Gasteiger partial charge in [0.2, 0.25) is 0 Å². The van der Waals surface area contributed by atoms with Gasteiger partial charge in [0.15, 0.2) is 6.61 Å². The molecule has 0 aliphatic heterocycles. The molecule has 1 aliphatic carbocycles. The highest BCUT2D eigenvalue weighted by atomic mass is 35.5. The van der Waals surface area contributed by atoms with Gasteiger partial charge < -0.3 is 19.7 Å². The van der Waals surface area contributed by atoms with Crippen LogP contribution in [0.4, 0.5) is 4.39 Å². The second-order valence-corrected chi connectivity index (χ2v) is 8.23. The molecule has 0 spiro atoms. The number of nitrogens with zero attached hydrogens (tertiary/aromatic N) is 1. The summed E-state index contributed by atoms with van der Waals surface area (Å²) in [5, 5.41) is 13.4. The Morgan fingerprint density at radius 1 is 1.23 bits per heavy atom. The number of carboxylic acids is 1. The normalized spacial score (nSPS) is 15.5. The standard InChI is InChI=1S/C22H19Cl2FN2O4/c23-16-3-1-2-4-19(16)31-11-20(28)26-13-5-6-18-14(9-13)15-7-12(25)8-17(24)22(15)27(18)10-21(29)30/h1-4,7-8,13H,5-6,9-11H2,(H,26,28)(H,29,30)/t13-/m0/s1. The first-order valence-corrected chi connectivity index (χ1v) is 10.5. The van der Waals surface area contributed by atoms with Gasteiger partial charge in [0.25, 0.3) is 5.91 Å². The number of nitrogens with one attached hydrogen (secondary N) is 1. The van der Waals surface area contributed by atoms with E-state index in [1.54, 1.807) is 28.8 Å². The third kappa shape index (κ3) is 4.48. The molecule has 162 valence electrons. The second kappa shape index (κ2) is 8.77. The van der Waals surface area contributed by atoms with Gasteiger partial charge in [-0.05, 0) is 49.1 Å². The van der Waals surface area contributed by atoms with Crippen LogP contribution in [-0.2, 0) is 29.0 Å². The topological polar surface area (TPSA) is 80.6 Å². The molecule has 1 atom stereocenters. The molecule has 4 rings (SSSR count). The van der Waals surface area contributed by atoms with E-state index in [-0.39, 0.29) is 30.1 Å². The minimum atomic E-state index is -1.01. The van der Waals surface area contributed by atoms with Crippen LogP contribution in [0.2, 0.25) is 10.0 Å². The number of benzene rings is 2. The number of carboxylic acid groups (broad SMARTS) is 1. The van der Waals surface area contributed by atoms with Crippen molar-refractivity contribution in [1.82, 2.24) is 9.88 Å². The number of para-hydroxylation sites is 1. The van der Waals surface area contributed by atoms with Gasteiger partial charge in [-0.3, -0.25) is 9.59 Å². The highest BCUT2D eigenvalue weighted by Gasteiger charge is 2.28. The predicted molar refractivity (Wildman–Crippen MR) is 115 cm³/mol. The molecule has 0 fully saturated rings. The Hall–Kier alpha value is -2.77. The van der Waals surface area contributed by atoms with Crippen LogP contribution in [-0.4, -0.2) is 34.2 Å². The minimum Gasteiger partial charge on any atom is -0.482 e. The van der Waals surface area contributed by atoms with Crippen molar-refractivity contribution in [3.63, 3.8) is 0 Å². The van der Waals surface area contributed by atoms with Gasteiger partial charge in [0.1, 0.15) is 18.1 Å². The summed E-state index contributed by atoms with van der Waals surface area (Å²) in [6, 6.07) is 9.24. The summed E-state index contributed by atoms with van der Waals surface area (Å²) in [5.41, 5.74) is 2.12. The number of hydrogen-bond donors (Lipinski definition) is 2. The highest BCUT2D eigenvalue weighted by Crippen LogP contribution is 2.36. The Morgan fingerprint density at radius 2 is 2.00 bits per heavy atom. The number of fused-ring (bicyclic) bond motifs is 3. The average molecular weight is 465 g/mol. The average Bonchev–Trinajstić information content (AvgIpc) is 3.00. The number of carbonyl (C=O) groups is 2. The molecule has 2 N–H and O–H groups in total. The van der Waals surface area contributed by atoms with Crippen LogP contribution in [0.1, 0.15) is 17.7 Å². The highest BCUT2D eigenvalue weighted by molar-refractivity contribution is 6.35. The molecular weight excluding hydrogens is 446 g/mol. The molecule has 0 unspecified atom stereocenters. The zero-order chi connectivity index (χ0) is 22.1. The lowest BCUT2D eigenvalue weighted by atomic mass is 9.91. The van der Waals surface area contributed by atoms with Crippen LogP contribution < -0.4 is 10.1 Å². The van der Waals surface area contributed by atoms with E-state index in [1.807, 2.05) is 0 Å². The molecule has 9 heteroatoms. The number of halogens is 3. The zero-order valence-electron chi connectivity index (χ0n) is 16.3. The number of rotatable bonds is 6. The predicted octanol–water partition coefficient (Wildman–Crippen LogP) is 4.22. The van der Waals surface area contributed by atoms with Crippen molar-refractivity contribution < 1.29 is 23.8 Å². The lowest BCUT2D eigenvalue weighted by molar-refractivity contribution is -0.137. The summed E-state index contributed by atoms with van der Waals surface area (Å²) < 4.78 is 21.1. The fourth-order valence-electron chi connectivity index (χ4n) is 4.10. The molecule has 1 heterocycles. The van der Waals surface area contributed by atoms with E-state index in [4.69, 9.17) is 27.9 Å². The summed E-state index contributed by atoms with van der Waals surface area (Å²) in [5.74, 6) is -1.38. The monoisotopic (exact) mass is 464 g/mol. The summed E-state index contributed by atoms with van der Waals surface area (Å²) >= 11 is 12.3. The van der Waals surface area contributed by atoms with E-state index in [0.717, 1.165) is 11.3 Å². The maximum atomic E-state index is 14.0. The van der Waals surface area contributed by atoms with E-state index in [0.29, 0.717) is 40.9 Å². The SMILES string of the molecule is O=C(O)Cn1c2c(c3cc(F)cc(Cl)c31)C[C@@H](NC(=O)COc1ccccc1Cl)CC2. The van der Waals surface area contributed by atoms with Crippen molar-refractivity contribution >= 4 is 46.0 Å². The van der Waals surface area contributed by atoms with Crippen molar-refractivity contribution in [2.45, 2.75) is 31.8 Å². The van der Waals surface area contributed by atoms with Crippen LogP contribution in [0.15, 0.2) is 36.4 Å². The Labute approximate surface area is 187 Å². The number of carbonyl (C=O) groups excluding carboxylic acids is 1. The van der Waals surface area contributed by atoms with E-state index in [9.17, 15) is 19.1 Å². The Bertz CT molecular complexity index is 1180. The maximum absolute atomic E-state index is 14.0. The number of aliphatic carboxylic acids is 1. The molecule has 3 aromatic rings. The van der Waals surface area contributed by atoms with Crippen LogP contribution in [0.25, 0.3) is 10.9 Å². The summed E-state index contributed by atoms with van der Waals surface area (Å²) in [4.78, 5) is 23.8. The van der Waals surface area contributed by atoms with Crippen LogP contribution in [0.3, 0.4) is 0 Å². The molecule has 1 amide bonds. The molecule has 1 aromatic heterocycles. The number of hydrogen-bond acceptors (Lipinski definition) is 3. The largest absolute Gasteiger partial charge is 0.482 e. The third-order valence-electron chi connectivity index (χ3n) is 5.33.